The molecular weight excluding hydrogens is 354 g/mol. The van der Waals surface area contributed by atoms with Gasteiger partial charge in [0, 0.05) is 25.2 Å². The first-order chi connectivity index (χ1) is 13.3. The summed E-state index contributed by atoms with van der Waals surface area (Å²) in [6.07, 6.45) is -0.575. The maximum absolute atomic E-state index is 12.7. The Morgan fingerprint density at radius 1 is 1.18 bits per heavy atom. The quantitative estimate of drug-likeness (QED) is 0.658. The predicted octanol–water partition coefficient (Wildman–Crippen LogP) is 2.65. The summed E-state index contributed by atoms with van der Waals surface area (Å²) in [4.78, 5) is 17.4. The first-order valence-corrected chi connectivity index (χ1v) is 9.47. The van der Waals surface area contributed by atoms with Crippen molar-refractivity contribution in [1.82, 2.24) is 14.9 Å². The van der Waals surface area contributed by atoms with Gasteiger partial charge in [0.2, 0.25) is 0 Å². The zero-order chi connectivity index (χ0) is 20.3. The van der Waals surface area contributed by atoms with Crippen LogP contribution in [0, 0.1) is 6.92 Å². The van der Waals surface area contributed by atoms with Crippen molar-refractivity contribution < 1.29 is 9.84 Å². The maximum Gasteiger partial charge on any atom is 0.261 e. The molecule has 0 saturated carbocycles. The van der Waals surface area contributed by atoms with Crippen molar-refractivity contribution in [2.45, 2.75) is 32.9 Å². The van der Waals surface area contributed by atoms with Crippen LogP contribution in [0.15, 0.2) is 47.3 Å². The number of aliphatic hydroxyl groups is 1. The number of nitrogens with one attached hydrogen (secondary N) is 1. The summed E-state index contributed by atoms with van der Waals surface area (Å²) in [6, 6.07) is 13.4. The highest BCUT2D eigenvalue weighted by atomic mass is 16.5. The molecule has 0 spiro atoms. The first-order valence-electron chi connectivity index (χ1n) is 9.47. The fourth-order valence-corrected chi connectivity index (χ4v) is 2.97. The summed E-state index contributed by atoms with van der Waals surface area (Å²) < 4.78 is 7.22. The van der Waals surface area contributed by atoms with Crippen molar-refractivity contribution >= 4 is 10.9 Å². The lowest BCUT2D eigenvalue weighted by molar-refractivity contribution is 0.104. The number of aryl methyl sites for hydroxylation is 1. The Kier molecular flexibility index (Phi) is 6.11. The topological polar surface area (TPSA) is 76.4 Å². The number of aromatic nitrogens is 2. The Morgan fingerprint density at radius 2 is 1.89 bits per heavy atom. The third-order valence-corrected chi connectivity index (χ3v) is 4.55. The van der Waals surface area contributed by atoms with Crippen LogP contribution < -0.4 is 15.6 Å². The van der Waals surface area contributed by atoms with Gasteiger partial charge < -0.3 is 15.2 Å². The van der Waals surface area contributed by atoms with Gasteiger partial charge in [0.25, 0.3) is 5.56 Å². The van der Waals surface area contributed by atoms with Crippen molar-refractivity contribution in [3.8, 4) is 17.1 Å². The first kappa shape index (κ1) is 20.0. The lowest BCUT2D eigenvalue weighted by atomic mass is 10.1. The molecule has 28 heavy (non-hydrogen) atoms. The number of hydrogen-bond donors (Lipinski definition) is 2. The summed E-state index contributed by atoms with van der Waals surface area (Å²) in [5.41, 5.74) is 2.48. The van der Waals surface area contributed by atoms with Crippen LogP contribution >= 0.6 is 0 Å². The van der Waals surface area contributed by atoms with Gasteiger partial charge in [-0.2, -0.15) is 0 Å². The predicted molar refractivity (Wildman–Crippen MR) is 112 cm³/mol. The fourth-order valence-electron chi connectivity index (χ4n) is 2.97. The van der Waals surface area contributed by atoms with Gasteiger partial charge in [-0.1, -0.05) is 25.5 Å². The van der Waals surface area contributed by atoms with Gasteiger partial charge in [0.15, 0.2) is 0 Å². The molecular formula is C22H27N3O3. The zero-order valence-corrected chi connectivity index (χ0v) is 16.8. The molecule has 0 radical (unpaired) electrons. The molecule has 0 aliphatic heterocycles. The molecule has 0 aliphatic carbocycles. The minimum Gasteiger partial charge on any atom is -0.491 e. The van der Waals surface area contributed by atoms with Gasteiger partial charge in [-0.25, -0.2) is 4.98 Å². The minimum absolute atomic E-state index is 0.0650. The van der Waals surface area contributed by atoms with Gasteiger partial charge in [-0.05, 0) is 43.3 Å². The highest BCUT2D eigenvalue weighted by Crippen LogP contribution is 2.22. The van der Waals surface area contributed by atoms with Gasteiger partial charge in [0.05, 0.1) is 10.9 Å². The standard InChI is InChI=1S/C22H27N3O3/c1-14(2)23-12-17(26)13-28-18-8-6-16(7-9-18)21-24-20-10-5-15(3)11-19(20)22(27)25(21)4/h5-11,14,17,23,26H,12-13H2,1-4H3. The van der Waals surface area contributed by atoms with E-state index in [1.165, 1.54) is 0 Å². The van der Waals surface area contributed by atoms with Crippen LogP contribution in [-0.2, 0) is 7.05 Å². The van der Waals surface area contributed by atoms with Crippen LogP contribution in [0.2, 0.25) is 0 Å². The van der Waals surface area contributed by atoms with Crippen molar-refractivity contribution in [3.05, 3.63) is 58.4 Å². The summed E-state index contributed by atoms with van der Waals surface area (Å²) in [5, 5.41) is 13.7. The Bertz CT molecular complexity index is 1010. The molecule has 1 aromatic heterocycles. The van der Waals surface area contributed by atoms with Crippen LogP contribution in [0.1, 0.15) is 19.4 Å². The van der Waals surface area contributed by atoms with Crippen LogP contribution in [0.25, 0.3) is 22.3 Å². The molecule has 3 rings (SSSR count). The molecule has 2 N–H and O–H groups in total. The smallest absolute Gasteiger partial charge is 0.261 e. The highest BCUT2D eigenvalue weighted by molar-refractivity contribution is 5.80. The minimum atomic E-state index is -0.575. The molecule has 6 nitrogen and oxygen atoms in total. The highest BCUT2D eigenvalue weighted by Gasteiger charge is 2.11. The molecule has 1 atom stereocenters. The lowest BCUT2D eigenvalue weighted by Crippen LogP contribution is -2.35. The van der Waals surface area contributed by atoms with E-state index in [2.05, 4.69) is 10.3 Å². The van der Waals surface area contributed by atoms with E-state index in [1.54, 1.807) is 11.6 Å². The SMILES string of the molecule is Cc1ccc2nc(-c3ccc(OCC(O)CNC(C)C)cc3)n(C)c(=O)c2c1. The monoisotopic (exact) mass is 381 g/mol. The molecule has 0 bridgehead atoms. The number of rotatable bonds is 7. The fraction of sp³-hybridized carbons (Fsp3) is 0.364. The molecule has 0 aliphatic rings. The Labute approximate surface area is 164 Å². The number of fused-ring (bicyclic) bond motifs is 1. The van der Waals surface area contributed by atoms with Gasteiger partial charge >= 0.3 is 0 Å². The summed E-state index contributed by atoms with van der Waals surface area (Å²) in [6.45, 7) is 6.72. The Hall–Kier alpha value is -2.70. The molecule has 0 fully saturated rings. The second kappa shape index (κ2) is 8.54. The van der Waals surface area contributed by atoms with E-state index in [-0.39, 0.29) is 12.2 Å². The lowest BCUT2D eigenvalue weighted by Gasteiger charge is -2.15. The van der Waals surface area contributed by atoms with E-state index in [0.717, 1.165) is 11.1 Å². The van der Waals surface area contributed by atoms with Gasteiger partial charge in [0.1, 0.15) is 24.3 Å². The number of aliphatic hydroxyl groups excluding tert-OH is 1. The van der Waals surface area contributed by atoms with Gasteiger partial charge in [-0.15, -0.1) is 0 Å². The molecule has 0 amide bonds. The molecule has 1 heterocycles. The third kappa shape index (κ3) is 4.58. The number of benzene rings is 2. The number of ether oxygens (including phenoxy) is 1. The largest absolute Gasteiger partial charge is 0.491 e. The van der Waals surface area contributed by atoms with E-state index < -0.39 is 6.10 Å². The average Bonchev–Trinajstić information content (AvgIpc) is 2.68. The van der Waals surface area contributed by atoms with Crippen LogP contribution in [0.5, 0.6) is 5.75 Å². The molecule has 0 saturated heterocycles. The third-order valence-electron chi connectivity index (χ3n) is 4.55. The summed E-state index contributed by atoms with van der Waals surface area (Å²) in [5.74, 6) is 1.27. The summed E-state index contributed by atoms with van der Waals surface area (Å²) >= 11 is 0. The van der Waals surface area contributed by atoms with Crippen LogP contribution in [-0.4, -0.2) is 40.0 Å². The van der Waals surface area contributed by atoms with Crippen LogP contribution in [0.4, 0.5) is 0 Å². The van der Waals surface area contributed by atoms with E-state index in [1.807, 2.05) is 63.2 Å². The number of nitrogens with zero attached hydrogens (tertiary/aromatic N) is 2. The second-order valence-corrected chi connectivity index (χ2v) is 7.37. The molecule has 1 unspecified atom stereocenters. The maximum atomic E-state index is 12.7. The second-order valence-electron chi connectivity index (χ2n) is 7.37. The molecule has 6 heteroatoms. The van der Waals surface area contributed by atoms with Crippen molar-refractivity contribution in [3.63, 3.8) is 0 Å². The van der Waals surface area contributed by atoms with Crippen molar-refractivity contribution in [2.24, 2.45) is 7.05 Å². The number of hydrogen-bond acceptors (Lipinski definition) is 5. The normalized spacial score (nSPS) is 12.5. The van der Waals surface area contributed by atoms with Crippen molar-refractivity contribution in [2.75, 3.05) is 13.2 Å². The molecule has 148 valence electrons. The Morgan fingerprint density at radius 3 is 2.57 bits per heavy atom. The van der Waals surface area contributed by atoms with Crippen molar-refractivity contribution in [1.29, 1.82) is 0 Å². The molecule has 2 aromatic carbocycles. The summed E-state index contributed by atoms with van der Waals surface area (Å²) in [7, 11) is 1.73. The van der Waals surface area contributed by atoms with E-state index in [9.17, 15) is 9.90 Å². The van der Waals surface area contributed by atoms with Crippen LogP contribution in [0.3, 0.4) is 0 Å². The average molecular weight is 381 g/mol. The van der Waals surface area contributed by atoms with E-state index in [0.29, 0.717) is 35.1 Å². The van der Waals surface area contributed by atoms with E-state index in [4.69, 9.17) is 4.74 Å². The van der Waals surface area contributed by atoms with Gasteiger partial charge in [-0.3, -0.25) is 9.36 Å². The zero-order valence-electron chi connectivity index (χ0n) is 16.8. The Balaban J connectivity index is 1.77. The molecule has 3 aromatic rings. The van der Waals surface area contributed by atoms with E-state index >= 15 is 0 Å².